The van der Waals surface area contributed by atoms with Crippen LogP contribution >= 0.6 is 39.1 Å². The number of aryl methyl sites for hydroxylation is 1. The molecule has 1 aliphatic heterocycles. The minimum absolute atomic E-state index is 0.0101. The maximum atomic E-state index is 13.3. The second-order valence-electron chi connectivity index (χ2n) is 8.20. The van der Waals surface area contributed by atoms with Gasteiger partial charge in [0.25, 0.3) is 0 Å². The predicted molar refractivity (Wildman–Crippen MR) is 120 cm³/mol. The summed E-state index contributed by atoms with van der Waals surface area (Å²) in [4.78, 5) is 16.7. The number of rotatable bonds is 6. The van der Waals surface area contributed by atoms with Crippen molar-refractivity contribution in [2.45, 2.75) is 44.4 Å². The van der Waals surface area contributed by atoms with Crippen LogP contribution in [0, 0.1) is 0 Å². The van der Waals surface area contributed by atoms with Gasteiger partial charge >= 0.3 is 6.18 Å². The Labute approximate surface area is 202 Å². The van der Waals surface area contributed by atoms with Gasteiger partial charge in [0, 0.05) is 45.1 Å². The van der Waals surface area contributed by atoms with Crippen LogP contribution in [0.25, 0.3) is 0 Å². The highest BCUT2D eigenvalue weighted by Gasteiger charge is 2.41. The second-order valence-corrected chi connectivity index (χ2v) is 9.81. The monoisotopic (exact) mass is 552 g/mol. The van der Waals surface area contributed by atoms with Crippen molar-refractivity contribution in [3.63, 3.8) is 0 Å². The van der Waals surface area contributed by atoms with E-state index in [1.165, 1.54) is 4.68 Å². The van der Waals surface area contributed by atoms with Gasteiger partial charge in [-0.25, -0.2) is 0 Å². The quantitative estimate of drug-likeness (QED) is 0.469. The zero-order valence-corrected chi connectivity index (χ0v) is 20.2. The van der Waals surface area contributed by atoms with Crippen LogP contribution < -0.4 is 0 Å². The lowest BCUT2D eigenvalue weighted by atomic mass is 10.2. The third kappa shape index (κ3) is 5.43. The van der Waals surface area contributed by atoms with E-state index in [4.69, 9.17) is 23.2 Å². The molecule has 32 heavy (non-hydrogen) atoms. The first kappa shape index (κ1) is 23.9. The zero-order chi connectivity index (χ0) is 23.0. The fraction of sp³-hybridized carbons (Fsp3) is 0.524. The van der Waals surface area contributed by atoms with Crippen molar-refractivity contribution < 1.29 is 18.0 Å². The number of carbonyl (C=O) groups excluding carboxylic acids is 1. The van der Waals surface area contributed by atoms with Crippen LogP contribution in [0.1, 0.15) is 42.1 Å². The summed E-state index contributed by atoms with van der Waals surface area (Å²) in [6.45, 7) is 3.43. The first-order valence-electron chi connectivity index (χ1n) is 10.4. The van der Waals surface area contributed by atoms with E-state index in [9.17, 15) is 18.0 Å². The topological polar surface area (TPSA) is 41.4 Å². The molecular weight excluding hydrogens is 532 g/mol. The second kappa shape index (κ2) is 9.52. The standard InChI is InChI=1S/C21H22BrCl2F3N4O/c22-18-19(14-2-3-14)31(28-20(18)21(25,26)27)6-5-17(32)30-9-7-29(8-10-30)12-13-1-4-15(23)16(24)11-13/h1,4,11,14H,2-3,5-10,12H2. The fourth-order valence-corrected chi connectivity index (χ4v) is 5.12. The normalized spacial score (nSPS) is 17.8. The summed E-state index contributed by atoms with van der Waals surface area (Å²) >= 11 is 15.1. The number of carbonyl (C=O) groups is 1. The number of amides is 1. The summed E-state index contributed by atoms with van der Waals surface area (Å²) in [7, 11) is 0. The van der Waals surface area contributed by atoms with E-state index in [1.807, 2.05) is 12.1 Å². The number of alkyl halides is 3. The molecule has 1 aromatic heterocycles. The van der Waals surface area contributed by atoms with Crippen molar-refractivity contribution in [2.24, 2.45) is 0 Å². The molecular formula is C21H22BrCl2F3N4O. The molecule has 1 saturated heterocycles. The number of nitrogens with zero attached hydrogens (tertiary/aromatic N) is 4. The molecule has 1 aliphatic carbocycles. The summed E-state index contributed by atoms with van der Waals surface area (Å²) in [6, 6.07) is 5.55. The molecule has 1 saturated carbocycles. The van der Waals surface area contributed by atoms with Crippen molar-refractivity contribution in [3.8, 4) is 0 Å². The Bertz CT molecular complexity index is 1000. The average molecular weight is 554 g/mol. The van der Waals surface area contributed by atoms with Gasteiger partial charge in [-0.3, -0.25) is 14.4 Å². The maximum Gasteiger partial charge on any atom is 0.436 e. The van der Waals surface area contributed by atoms with Crippen LogP contribution in [0.15, 0.2) is 22.7 Å². The molecule has 0 atom stereocenters. The third-order valence-electron chi connectivity index (χ3n) is 5.82. The first-order chi connectivity index (χ1) is 15.1. The molecule has 2 aliphatic rings. The highest BCUT2D eigenvalue weighted by atomic mass is 79.9. The van der Waals surface area contributed by atoms with Crippen molar-refractivity contribution in [1.29, 1.82) is 0 Å². The molecule has 0 unspecified atom stereocenters. The number of hydrogen-bond donors (Lipinski definition) is 0. The van der Waals surface area contributed by atoms with Gasteiger partial charge in [-0.15, -0.1) is 0 Å². The van der Waals surface area contributed by atoms with E-state index in [-0.39, 0.29) is 29.3 Å². The Morgan fingerprint density at radius 1 is 1.12 bits per heavy atom. The Balaban J connectivity index is 1.31. The van der Waals surface area contributed by atoms with Crippen LogP contribution in [0.2, 0.25) is 10.0 Å². The number of piperazine rings is 1. The SMILES string of the molecule is O=C(CCn1nc(C(F)(F)F)c(Br)c1C1CC1)N1CCN(Cc2ccc(Cl)c(Cl)c2)CC1. The number of hydrogen-bond acceptors (Lipinski definition) is 3. The molecule has 2 heterocycles. The largest absolute Gasteiger partial charge is 0.436 e. The van der Waals surface area contributed by atoms with Crippen LogP contribution in [0.3, 0.4) is 0 Å². The molecule has 11 heteroatoms. The van der Waals surface area contributed by atoms with Gasteiger partial charge in [0.05, 0.1) is 26.8 Å². The Hall–Kier alpha value is -1.29. The Morgan fingerprint density at radius 3 is 2.41 bits per heavy atom. The number of benzene rings is 1. The smallest absolute Gasteiger partial charge is 0.340 e. The van der Waals surface area contributed by atoms with E-state index in [0.717, 1.165) is 18.4 Å². The Kier molecular flexibility index (Phi) is 7.10. The molecule has 4 rings (SSSR count). The van der Waals surface area contributed by atoms with Gasteiger partial charge in [-0.05, 0) is 46.5 Å². The van der Waals surface area contributed by atoms with Crippen molar-refractivity contribution >= 4 is 45.0 Å². The molecule has 1 amide bonds. The summed E-state index contributed by atoms with van der Waals surface area (Å²) in [5.74, 6) is 0.00843. The van der Waals surface area contributed by atoms with Gasteiger partial charge in [-0.2, -0.15) is 18.3 Å². The highest BCUT2D eigenvalue weighted by Crippen LogP contribution is 2.47. The summed E-state index contributed by atoms with van der Waals surface area (Å²) in [6.07, 6.45) is -2.72. The van der Waals surface area contributed by atoms with E-state index in [2.05, 4.69) is 25.9 Å². The minimum atomic E-state index is -4.53. The van der Waals surface area contributed by atoms with Gasteiger partial charge in [0.15, 0.2) is 5.69 Å². The number of aromatic nitrogens is 2. The van der Waals surface area contributed by atoms with Crippen LogP contribution in [-0.2, 0) is 24.1 Å². The lowest BCUT2D eigenvalue weighted by Crippen LogP contribution is -2.48. The van der Waals surface area contributed by atoms with E-state index >= 15 is 0 Å². The van der Waals surface area contributed by atoms with Gasteiger partial charge in [-0.1, -0.05) is 29.3 Å². The molecule has 1 aromatic carbocycles. The molecule has 0 spiro atoms. The van der Waals surface area contributed by atoms with Crippen molar-refractivity contribution in [1.82, 2.24) is 19.6 Å². The molecule has 0 radical (unpaired) electrons. The van der Waals surface area contributed by atoms with Gasteiger partial charge < -0.3 is 4.90 Å². The lowest BCUT2D eigenvalue weighted by molar-refractivity contribution is -0.142. The minimum Gasteiger partial charge on any atom is -0.340 e. The van der Waals surface area contributed by atoms with Crippen LogP contribution in [-0.4, -0.2) is 51.7 Å². The predicted octanol–water partition coefficient (Wildman–Crippen LogP) is 5.58. The fourth-order valence-electron chi connectivity index (χ4n) is 3.96. The van der Waals surface area contributed by atoms with Crippen molar-refractivity contribution in [3.05, 3.63) is 49.7 Å². The van der Waals surface area contributed by atoms with E-state index in [1.54, 1.807) is 11.0 Å². The Morgan fingerprint density at radius 2 is 1.81 bits per heavy atom. The molecule has 0 N–H and O–H groups in total. The van der Waals surface area contributed by atoms with Gasteiger partial charge in [0.2, 0.25) is 5.91 Å². The molecule has 174 valence electrons. The maximum absolute atomic E-state index is 13.3. The van der Waals surface area contributed by atoms with E-state index < -0.39 is 11.9 Å². The first-order valence-corrected chi connectivity index (χ1v) is 12.0. The highest BCUT2D eigenvalue weighted by molar-refractivity contribution is 9.10. The summed E-state index contributed by atoms with van der Waals surface area (Å²) in [5.41, 5.74) is 0.691. The summed E-state index contributed by atoms with van der Waals surface area (Å²) < 4.78 is 41.1. The molecule has 0 bridgehead atoms. The van der Waals surface area contributed by atoms with Gasteiger partial charge in [0.1, 0.15) is 0 Å². The summed E-state index contributed by atoms with van der Waals surface area (Å²) in [5, 5.41) is 4.81. The third-order valence-corrected chi connectivity index (χ3v) is 7.34. The number of halogens is 6. The zero-order valence-electron chi connectivity index (χ0n) is 17.1. The lowest BCUT2D eigenvalue weighted by Gasteiger charge is -2.35. The van der Waals surface area contributed by atoms with Crippen LogP contribution in [0.4, 0.5) is 13.2 Å². The van der Waals surface area contributed by atoms with Crippen LogP contribution in [0.5, 0.6) is 0 Å². The van der Waals surface area contributed by atoms with E-state index in [0.29, 0.717) is 48.5 Å². The molecule has 5 nitrogen and oxygen atoms in total. The van der Waals surface area contributed by atoms with Crippen molar-refractivity contribution in [2.75, 3.05) is 26.2 Å². The average Bonchev–Trinajstić information content (AvgIpc) is 3.51. The molecule has 2 aromatic rings. The molecule has 2 fully saturated rings.